The Labute approximate surface area is 139 Å². The second kappa shape index (κ2) is 4.97. The average molecular weight is 329 g/mol. The van der Waals surface area contributed by atoms with E-state index >= 15 is 0 Å². The van der Waals surface area contributed by atoms with E-state index < -0.39 is 0 Å². The van der Waals surface area contributed by atoms with Gasteiger partial charge in [0.15, 0.2) is 11.5 Å². The average Bonchev–Trinajstić information content (AvgIpc) is 3.16. The van der Waals surface area contributed by atoms with Crippen molar-refractivity contribution in [3.63, 3.8) is 0 Å². The number of fused-ring (bicyclic) bond motifs is 2. The van der Waals surface area contributed by atoms with Crippen LogP contribution in [0.4, 0.5) is 0 Å². The summed E-state index contributed by atoms with van der Waals surface area (Å²) in [7, 11) is 0. The maximum atomic E-state index is 11.3. The van der Waals surface area contributed by atoms with Gasteiger partial charge < -0.3 is 24.3 Å². The third-order valence-corrected chi connectivity index (χ3v) is 5.54. The highest BCUT2D eigenvalue weighted by Crippen LogP contribution is 2.50. The van der Waals surface area contributed by atoms with E-state index in [-0.39, 0.29) is 36.4 Å². The first-order valence-electron chi connectivity index (χ1n) is 8.31. The zero-order chi connectivity index (χ0) is 16.3. The molecular weight excluding hydrogens is 310 g/mol. The molecule has 5 rings (SSSR count). The van der Waals surface area contributed by atoms with Gasteiger partial charge in [0.2, 0.25) is 6.79 Å². The van der Waals surface area contributed by atoms with Crippen molar-refractivity contribution in [3.8, 4) is 11.5 Å². The van der Waals surface area contributed by atoms with Crippen LogP contribution in [0, 0.1) is 0 Å². The van der Waals surface area contributed by atoms with Crippen LogP contribution in [-0.2, 0) is 26.3 Å². The highest BCUT2D eigenvalue weighted by atomic mass is 16.7. The molecule has 1 aromatic rings. The fraction of sp³-hybridized carbons (Fsp3) is 0.500. The molecule has 1 N–H and O–H groups in total. The Morgan fingerprint density at radius 1 is 1.33 bits per heavy atom. The minimum absolute atomic E-state index is 0.0740. The van der Waals surface area contributed by atoms with Crippen LogP contribution >= 0.6 is 0 Å². The maximum Gasteiger partial charge on any atom is 0.303 e. The van der Waals surface area contributed by atoms with Crippen LogP contribution in [0.25, 0.3) is 0 Å². The summed E-state index contributed by atoms with van der Waals surface area (Å²) in [5.41, 5.74) is 2.13. The number of carbonyl (C=O) groups is 1. The van der Waals surface area contributed by atoms with Gasteiger partial charge in [-0.05, 0) is 29.3 Å². The maximum absolute atomic E-state index is 11.3. The van der Waals surface area contributed by atoms with Crippen molar-refractivity contribution in [2.24, 2.45) is 0 Å². The van der Waals surface area contributed by atoms with Crippen LogP contribution in [-0.4, -0.2) is 37.6 Å². The topological polar surface area (TPSA) is 66.0 Å². The minimum Gasteiger partial charge on any atom is -0.458 e. The van der Waals surface area contributed by atoms with Gasteiger partial charge in [0.05, 0.1) is 18.1 Å². The van der Waals surface area contributed by atoms with Gasteiger partial charge in [-0.15, -0.1) is 0 Å². The van der Waals surface area contributed by atoms with Crippen LogP contribution in [0.15, 0.2) is 24.3 Å². The molecule has 24 heavy (non-hydrogen) atoms. The molecule has 6 heteroatoms. The van der Waals surface area contributed by atoms with Crippen LogP contribution in [0.5, 0.6) is 11.5 Å². The van der Waals surface area contributed by atoms with E-state index in [0.29, 0.717) is 6.61 Å². The Bertz CT molecular complexity index is 745. The van der Waals surface area contributed by atoms with Crippen molar-refractivity contribution >= 4 is 5.97 Å². The molecular formula is C18H19NO5. The van der Waals surface area contributed by atoms with Gasteiger partial charge in [-0.25, -0.2) is 0 Å². The number of carbonyl (C=O) groups excluding carboxylic acids is 1. The number of esters is 1. The van der Waals surface area contributed by atoms with Crippen LogP contribution < -0.4 is 14.8 Å². The molecule has 0 amide bonds. The lowest BCUT2D eigenvalue weighted by atomic mass is 9.66. The van der Waals surface area contributed by atoms with E-state index in [1.165, 1.54) is 12.5 Å². The molecule has 1 aliphatic carbocycles. The molecule has 6 nitrogen and oxygen atoms in total. The summed E-state index contributed by atoms with van der Waals surface area (Å²) in [4.78, 5) is 11.3. The standard InChI is InChI=1S/C18H19NO5/c1-10(20)24-12-2-3-18-13-6-15-14(22-9-23-15)4-11(13)8-21-17(18)7-19-16(18)5-12/h2-4,6,12,16-17,19H,5,7-9H2,1H3/t12?,16-,17+,18-/m0/s1. The van der Waals surface area contributed by atoms with Gasteiger partial charge in [-0.3, -0.25) is 4.79 Å². The Kier molecular flexibility index (Phi) is 2.96. The number of nitrogens with one attached hydrogen (secondary N) is 1. The fourth-order valence-electron chi connectivity index (χ4n) is 4.54. The van der Waals surface area contributed by atoms with Crippen molar-refractivity contribution in [3.05, 3.63) is 35.4 Å². The third-order valence-electron chi connectivity index (χ3n) is 5.54. The minimum atomic E-state index is -0.251. The van der Waals surface area contributed by atoms with Gasteiger partial charge >= 0.3 is 5.97 Å². The van der Waals surface area contributed by atoms with Gasteiger partial charge in [0, 0.05) is 25.9 Å². The summed E-state index contributed by atoms with van der Waals surface area (Å²) in [5, 5.41) is 3.56. The molecule has 0 bridgehead atoms. The summed E-state index contributed by atoms with van der Waals surface area (Å²) < 4.78 is 22.6. The summed E-state index contributed by atoms with van der Waals surface area (Å²) >= 11 is 0. The lowest BCUT2D eigenvalue weighted by Crippen LogP contribution is -2.51. The second-order valence-corrected chi connectivity index (χ2v) is 6.80. The number of hydrogen-bond donors (Lipinski definition) is 1. The van der Waals surface area contributed by atoms with Crippen molar-refractivity contribution in [1.29, 1.82) is 0 Å². The lowest BCUT2D eigenvalue weighted by Gasteiger charge is -2.44. The fourth-order valence-corrected chi connectivity index (χ4v) is 4.54. The molecule has 126 valence electrons. The smallest absolute Gasteiger partial charge is 0.303 e. The highest BCUT2D eigenvalue weighted by Gasteiger charge is 2.55. The van der Waals surface area contributed by atoms with Gasteiger partial charge in [-0.2, -0.15) is 0 Å². The van der Waals surface area contributed by atoms with E-state index in [9.17, 15) is 4.79 Å². The van der Waals surface area contributed by atoms with Crippen molar-refractivity contribution < 1.29 is 23.7 Å². The number of hydrogen-bond acceptors (Lipinski definition) is 6. The van der Waals surface area contributed by atoms with Gasteiger partial charge in [0.25, 0.3) is 0 Å². The van der Waals surface area contributed by atoms with E-state index in [2.05, 4.69) is 17.5 Å². The SMILES string of the molecule is CC(=O)OC1C=C[C@@]23c4cc5c(cc4CO[C@@H]2CN[C@H]3C1)OCO5. The lowest BCUT2D eigenvalue weighted by molar-refractivity contribution is -0.145. The molecule has 1 spiro atoms. The molecule has 1 unspecified atom stereocenters. The quantitative estimate of drug-likeness (QED) is 0.621. The predicted octanol–water partition coefficient (Wildman–Crippen LogP) is 1.42. The molecule has 1 fully saturated rings. The van der Waals surface area contributed by atoms with E-state index in [1.807, 2.05) is 12.1 Å². The Hall–Kier alpha value is -2.05. The third kappa shape index (κ3) is 1.87. The molecule has 1 aromatic carbocycles. The van der Waals surface area contributed by atoms with Crippen LogP contribution in [0.3, 0.4) is 0 Å². The van der Waals surface area contributed by atoms with E-state index in [1.54, 1.807) is 0 Å². The van der Waals surface area contributed by atoms with E-state index in [4.69, 9.17) is 18.9 Å². The van der Waals surface area contributed by atoms with Crippen molar-refractivity contribution in [2.45, 2.75) is 43.6 Å². The molecule has 1 saturated heterocycles. The zero-order valence-electron chi connectivity index (χ0n) is 13.4. The molecule has 4 aliphatic rings. The highest BCUT2D eigenvalue weighted by molar-refractivity contribution is 5.66. The molecule has 4 atom stereocenters. The molecule has 3 aliphatic heterocycles. The monoisotopic (exact) mass is 329 g/mol. The van der Waals surface area contributed by atoms with Crippen molar-refractivity contribution in [2.75, 3.05) is 13.3 Å². The number of benzene rings is 1. The molecule has 0 saturated carbocycles. The number of ether oxygens (including phenoxy) is 4. The first-order valence-corrected chi connectivity index (χ1v) is 8.31. The van der Waals surface area contributed by atoms with E-state index in [0.717, 1.165) is 30.0 Å². The summed E-state index contributed by atoms with van der Waals surface area (Å²) in [6.45, 7) is 3.08. The summed E-state index contributed by atoms with van der Waals surface area (Å²) in [6.07, 6.45) is 4.79. The van der Waals surface area contributed by atoms with Gasteiger partial charge in [0.1, 0.15) is 6.10 Å². The first-order chi connectivity index (χ1) is 11.7. The Morgan fingerprint density at radius 3 is 3.00 bits per heavy atom. The Balaban J connectivity index is 1.61. The molecule has 0 aromatic heterocycles. The summed E-state index contributed by atoms with van der Waals surface area (Å²) in [6, 6.07) is 4.30. The van der Waals surface area contributed by atoms with Crippen LogP contribution in [0.1, 0.15) is 24.5 Å². The predicted molar refractivity (Wildman–Crippen MR) is 83.9 cm³/mol. The van der Waals surface area contributed by atoms with Crippen LogP contribution in [0.2, 0.25) is 0 Å². The Morgan fingerprint density at radius 2 is 2.17 bits per heavy atom. The number of rotatable bonds is 1. The largest absolute Gasteiger partial charge is 0.458 e. The first kappa shape index (κ1) is 14.3. The normalized spacial score (nSPS) is 35.1. The molecule has 3 heterocycles. The zero-order valence-corrected chi connectivity index (χ0v) is 13.4. The van der Waals surface area contributed by atoms with Gasteiger partial charge in [-0.1, -0.05) is 6.08 Å². The summed E-state index contributed by atoms with van der Waals surface area (Å²) in [5.74, 6) is 1.33. The second-order valence-electron chi connectivity index (χ2n) is 6.80. The molecule has 0 radical (unpaired) electrons. The van der Waals surface area contributed by atoms with Crippen molar-refractivity contribution in [1.82, 2.24) is 5.32 Å².